The Morgan fingerprint density at radius 2 is 1.94 bits per heavy atom. The summed E-state index contributed by atoms with van der Waals surface area (Å²) >= 11 is 0. The van der Waals surface area contributed by atoms with Gasteiger partial charge in [0, 0.05) is 32.1 Å². The van der Waals surface area contributed by atoms with E-state index in [0.717, 1.165) is 49.2 Å². The molecule has 0 aromatic heterocycles. The highest BCUT2D eigenvalue weighted by molar-refractivity contribution is 6.23. The number of carbonyl (C=O) groups excluding carboxylic acids is 4. The molecule has 5 rings (SSSR count). The first-order chi connectivity index (χ1) is 15.5. The number of imide groups is 2. The molecule has 3 fully saturated rings. The van der Waals surface area contributed by atoms with Crippen LogP contribution in [0.4, 0.5) is 0 Å². The summed E-state index contributed by atoms with van der Waals surface area (Å²) in [5.41, 5.74) is 1.33. The highest BCUT2D eigenvalue weighted by atomic mass is 16.5. The van der Waals surface area contributed by atoms with Gasteiger partial charge in [-0.05, 0) is 37.0 Å². The molecule has 0 radical (unpaired) electrons. The average molecular weight is 441 g/mol. The molecule has 9 nitrogen and oxygen atoms in total. The lowest BCUT2D eigenvalue weighted by Crippen LogP contribution is -2.62. The Kier molecular flexibility index (Phi) is 5.56. The van der Waals surface area contributed by atoms with Crippen molar-refractivity contribution < 1.29 is 23.9 Å². The lowest BCUT2D eigenvalue weighted by Gasteiger charge is -2.47. The van der Waals surface area contributed by atoms with Crippen LogP contribution in [0.15, 0.2) is 18.2 Å². The van der Waals surface area contributed by atoms with Crippen molar-refractivity contribution in [2.24, 2.45) is 0 Å². The molecule has 1 aliphatic carbocycles. The van der Waals surface area contributed by atoms with Crippen LogP contribution < -0.4 is 16.0 Å². The van der Waals surface area contributed by atoms with Crippen molar-refractivity contribution >= 4 is 23.6 Å². The second kappa shape index (κ2) is 8.38. The molecule has 9 heteroatoms. The summed E-state index contributed by atoms with van der Waals surface area (Å²) in [5.74, 6) is -1.93. The first kappa shape index (κ1) is 21.2. The van der Waals surface area contributed by atoms with Gasteiger partial charge in [-0.2, -0.15) is 0 Å². The molecule has 3 aliphatic heterocycles. The third-order valence-corrected chi connectivity index (χ3v) is 7.13. The first-order valence-electron chi connectivity index (χ1n) is 11.4. The molecular formula is C23H28N4O5. The van der Waals surface area contributed by atoms with E-state index >= 15 is 0 Å². The van der Waals surface area contributed by atoms with Gasteiger partial charge >= 0.3 is 0 Å². The average Bonchev–Trinajstić information content (AvgIpc) is 3.04. The van der Waals surface area contributed by atoms with Crippen molar-refractivity contribution in [3.63, 3.8) is 0 Å². The van der Waals surface area contributed by atoms with Crippen molar-refractivity contribution in [1.82, 2.24) is 20.9 Å². The van der Waals surface area contributed by atoms with Crippen molar-refractivity contribution in [3.8, 4) is 0 Å². The number of amides is 4. The van der Waals surface area contributed by atoms with Gasteiger partial charge in [0.15, 0.2) is 0 Å². The third-order valence-electron chi connectivity index (χ3n) is 7.13. The fourth-order valence-corrected chi connectivity index (χ4v) is 5.43. The Morgan fingerprint density at radius 3 is 2.72 bits per heavy atom. The zero-order chi connectivity index (χ0) is 22.3. The van der Waals surface area contributed by atoms with Gasteiger partial charge in [-0.3, -0.25) is 29.4 Å². The lowest BCUT2D eigenvalue weighted by atomic mass is 9.79. The molecule has 1 aromatic rings. The summed E-state index contributed by atoms with van der Waals surface area (Å²) in [6.07, 6.45) is 4.64. The second-order valence-electron chi connectivity index (χ2n) is 9.10. The maximum atomic E-state index is 13.0. The van der Waals surface area contributed by atoms with Crippen molar-refractivity contribution in [1.29, 1.82) is 0 Å². The molecule has 3 atom stereocenters. The number of piperidine rings is 1. The quantitative estimate of drug-likeness (QED) is 0.583. The minimum atomic E-state index is -0.945. The van der Waals surface area contributed by atoms with E-state index in [1.807, 2.05) is 6.07 Å². The number of hydrogen-bond donors (Lipinski definition) is 3. The maximum absolute atomic E-state index is 13.0. The Hall–Kier alpha value is -2.62. The van der Waals surface area contributed by atoms with E-state index in [4.69, 9.17) is 4.74 Å². The minimum absolute atomic E-state index is 0.110. The van der Waals surface area contributed by atoms with Gasteiger partial charge in [0.25, 0.3) is 11.8 Å². The fourth-order valence-electron chi connectivity index (χ4n) is 5.43. The number of benzene rings is 1. The molecule has 3 heterocycles. The van der Waals surface area contributed by atoms with Crippen molar-refractivity contribution in [2.75, 3.05) is 19.7 Å². The zero-order valence-corrected chi connectivity index (χ0v) is 17.9. The number of morpholine rings is 1. The summed E-state index contributed by atoms with van der Waals surface area (Å²) in [4.78, 5) is 50.5. The Balaban J connectivity index is 1.30. The molecule has 0 bridgehead atoms. The van der Waals surface area contributed by atoms with E-state index in [1.54, 1.807) is 12.1 Å². The van der Waals surface area contributed by atoms with Crippen LogP contribution in [0.5, 0.6) is 0 Å². The van der Waals surface area contributed by atoms with E-state index in [1.165, 1.54) is 0 Å². The van der Waals surface area contributed by atoms with Crippen LogP contribution in [-0.4, -0.2) is 65.9 Å². The Bertz CT molecular complexity index is 963. The highest BCUT2D eigenvalue weighted by Gasteiger charge is 2.45. The molecule has 3 N–H and O–H groups in total. The largest absolute Gasteiger partial charge is 0.371 e. The molecule has 2 saturated heterocycles. The van der Waals surface area contributed by atoms with E-state index in [0.29, 0.717) is 24.3 Å². The van der Waals surface area contributed by atoms with Crippen LogP contribution in [0.25, 0.3) is 0 Å². The van der Waals surface area contributed by atoms with Crippen molar-refractivity contribution in [2.45, 2.75) is 62.8 Å². The minimum Gasteiger partial charge on any atom is -0.371 e. The number of nitrogens with one attached hydrogen (secondary N) is 3. The van der Waals surface area contributed by atoms with E-state index in [-0.39, 0.29) is 30.4 Å². The summed E-state index contributed by atoms with van der Waals surface area (Å²) in [6, 6.07) is 4.52. The summed E-state index contributed by atoms with van der Waals surface area (Å²) in [5, 5.41) is 9.30. The smallest absolute Gasteiger partial charge is 0.262 e. The van der Waals surface area contributed by atoms with Crippen LogP contribution in [0.2, 0.25) is 0 Å². The summed E-state index contributed by atoms with van der Waals surface area (Å²) in [6.45, 7) is 2.98. The number of rotatable bonds is 4. The van der Waals surface area contributed by atoms with E-state index in [9.17, 15) is 19.2 Å². The van der Waals surface area contributed by atoms with Crippen LogP contribution in [-0.2, 0) is 20.9 Å². The number of carbonyl (C=O) groups is 4. The number of nitrogens with zero attached hydrogens (tertiary/aromatic N) is 1. The summed E-state index contributed by atoms with van der Waals surface area (Å²) in [7, 11) is 0. The number of ether oxygens (including phenoxy) is 1. The second-order valence-corrected chi connectivity index (χ2v) is 9.10. The molecule has 170 valence electrons. The topological polar surface area (TPSA) is 117 Å². The van der Waals surface area contributed by atoms with Gasteiger partial charge in [0.05, 0.1) is 23.3 Å². The summed E-state index contributed by atoms with van der Waals surface area (Å²) < 4.78 is 6.22. The van der Waals surface area contributed by atoms with Crippen molar-refractivity contribution in [3.05, 3.63) is 34.9 Å². The Labute approximate surface area is 186 Å². The van der Waals surface area contributed by atoms with Crippen LogP contribution in [0.1, 0.15) is 64.8 Å². The Morgan fingerprint density at radius 1 is 1.09 bits per heavy atom. The molecule has 4 amide bonds. The zero-order valence-electron chi connectivity index (χ0n) is 17.9. The standard InChI is InChI=1S/C23H28N4O5/c28-19-7-6-17(20(29)26-19)27-21(30)15-5-4-14(11-16(15)22(27)31)12-25-18-3-1-2-8-23(18)13-24-9-10-32-23/h4-5,11,17-18,24-25H,1-3,6-10,12-13H2,(H,26,28,29)/t17?,18-,23-/m1/s1. The van der Waals surface area contributed by atoms with Gasteiger partial charge in [-0.1, -0.05) is 18.9 Å². The third kappa shape index (κ3) is 3.64. The molecular weight excluding hydrogens is 412 g/mol. The van der Waals surface area contributed by atoms with Gasteiger partial charge in [-0.25, -0.2) is 0 Å². The monoisotopic (exact) mass is 440 g/mol. The lowest BCUT2D eigenvalue weighted by molar-refractivity contribution is -0.136. The van der Waals surface area contributed by atoms with E-state index in [2.05, 4.69) is 16.0 Å². The normalized spacial score (nSPS) is 30.6. The first-order valence-corrected chi connectivity index (χ1v) is 11.4. The molecule has 4 aliphatic rings. The van der Waals surface area contributed by atoms with Gasteiger partial charge < -0.3 is 15.4 Å². The highest BCUT2D eigenvalue weighted by Crippen LogP contribution is 2.33. The van der Waals surface area contributed by atoms with E-state index < -0.39 is 23.8 Å². The van der Waals surface area contributed by atoms with Gasteiger partial charge in [-0.15, -0.1) is 0 Å². The predicted molar refractivity (Wildman–Crippen MR) is 114 cm³/mol. The van der Waals surface area contributed by atoms with Crippen LogP contribution in [0, 0.1) is 0 Å². The fraction of sp³-hybridized carbons (Fsp3) is 0.565. The molecule has 1 unspecified atom stereocenters. The number of hydrogen-bond acceptors (Lipinski definition) is 7. The molecule has 32 heavy (non-hydrogen) atoms. The van der Waals surface area contributed by atoms with Gasteiger partial charge in [0.1, 0.15) is 6.04 Å². The number of fused-ring (bicyclic) bond motifs is 1. The molecule has 1 spiro atoms. The maximum Gasteiger partial charge on any atom is 0.262 e. The van der Waals surface area contributed by atoms with Crippen LogP contribution in [0.3, 0.4) is 0 Å². The molecule has 1 aromatic carbocycles. The van der Waals surface area contributed by atoms with Gasteiger partial charge in [0.2, 0.25) is 11.8 Å². The van der Waals surface area contributed by atoms with Crippen LogP contribution >= 0.6 is 0 Å². The molecule has 1 saturated carbocycles. The predicted octanol–water partition coefficient (Wildman–Crippen LogP) is 0.479. The SMILES string of the molecule is O=C1CCC(N2C(=O)c3ccc(CN[C@@H]4CCCC[C@@]45CNCCO5)cc3C2=O)C(=O)N1.